The molecule has 3 aromatic rings. The number of hydrogen-bond donors (Lipinski definition) is 3. The highest BCUT2D eigenvalue weighted by molar-refractivity contribution is 6.01. The van der Waals surface area contributed by atoms with Gasteiger partial charge in [-0.05, 0) is 75.6 Å². The van der Waals surface area contributed by atoms with Gasteiger partial charge in [0, 0.05) is 57.4 Å². The van der Waals surface area contributed by atoms with Gasteiger partial charge < -0.3 is 34.1 Å². The van der Waals surface area contributed by atoms with Crippen molar-refractivity contribution in [3.63, 3.8) is 0 Å². The number of para-hydroxylation sites is 1. The maximum Gasteiger partial charge on any atom is 0.410 e. The molecular formula is C53H80N6O10. The summed E-state index contributed by atoms with van der Waals surface area (Å²) in [4.78, 5) is 91.9. The zero-order valence-corrected chi connectivity index (χ0v) is 43.5. The summed E-state index contributed by atoms with van der Waals surface area (Å²) in [5, 5.41) is 6.53. The molecule has 0 aliphatic carbocycles. The van der Waals surface area contributed by atoms with Crippen molar-refractivity contribution in [2.75, 3.05) is 34.9 Å². The second-order valence-corrected chi connectivity index (χ2v) is 20.3. The van der Waals surface area contributed by atoms with Crippen molar-refractivity contribution in [1.82, 2.24) is 30.3 Å². The molecule has 9 atom stereocenters. The average Bonchev–Trinajstić information content (AvgIpc) is 3.95. The minimum atomic E-state index is -1.01. The van der Waals surface area contributed by atoms with Crippen molar-refractivity contribution in [1.29, 1.82) is 0 Å². The fourth-order valence-corrected chi connectivity index (χ4v) is 9.82. The zero-order chi connectivity index (χ0) is 51.3. The van der Waals surface area contributed by atoms with E-state index in [4.69, 9.17) is 18.9 Å². The van der Waals surface area contributed by atoms with Crippen molar-refractivity contribution in [2.24, 2.45) is 23.7 Å². The smallest absolute Gasteiger partial charge is 0.410 e. The molecule has 69 heavy (non-hydrogen) atoms. The fourth-order valence-electron chi connectivity index (χ4n) is 9.82. The number of aromatic amines is 1. The van der Waals surface area contributed by atoms with Crippen LogP contribution in [0.3, 0.4) is 0 Å². The quantitative estimate of drug-likeness (QED) is 0.0840. The Morgan fingerprint density at radius 2 is 1.46 bits per heavy atom. The fraction of sp³-hybridized carbons (Fsp3) is 0.623. The van der Waals surface area contributed by atoms with E-state index in [0.717, 1.165) is 22.0 Å². The molecule has 3 N–H and O–H groups in total. The first kappa shape index (κ1) is 56.3. The van der Waals surface area contributed by atoms with Crippen LogP contribution < -0.4 is 10.6 Å². The van der Waals surface area contributed by atoms with Gasteiger partial charge in [0.2, 0.25) is 23.6 Å². The standard InChI is InChI=1S/C53H80N6O10/c1-15-34(6)46(57(11)44(32(2)3)49(62)56-50(63)45(33(4)5)58(12)52(65)69-53(8,9)10)42(66-13)29-43(60)59-27-21-26-41(59)47(67-14)35(7)48(61)55-40(51(64)68-31-36-22-17-16-18-23-36)28-37-30-54-39-25-20-19-24-38(37)39/h16-20,22-25,30,32-35,40-42,44-47,54H,15,21,26-29,31H2,1-14H3,(H,55,61)(H,56,62,63)/t34-,35+,40-,41-,42+,44-,45-,46-,47+/m0/s1. The number of amides is 5. The van der Waals surface area contributed by atoms with Crippen LogP contribution in [0.2, 0.25) is 0 Å². The van der Waals surface area contributed by atoms with Gasteiger partial charge in [-0.2, -0.15) is 0 Å². The van der Waals surface area contributed by atoms with Crippen LogP contribution >= 0.6 is 0 Å². The maximum atomic E-state index is 14.6. The Morgan fingerprint density at radius 3 is 2.06 bits per heavy atom. The van der Waals surface area contributed by atoms with Crippen LogP contribution in [0.5, 0.6) is 0 Å². The number of benzene rings is 2. The predicted octanol–water partition coefficient (Wildman–Crippen LogP) is 6.89. The lowest BCUT2D eigenvalue weighted by atomic mass is 9.87. The summed E-state index contributed by atoms with van der Waals surface area (Å²) in [6.07, 6.45) is 1.93. The molecule has 16 nitrogen and oxygen atoms in total. The lowest BCUT2D eigenvalue weighted by molar-refractivity contribution is -0.150. The Bertz CT molecular complexity index is 2170. The number of carbonyl (C=O) groups is 6. The lowest BCUT2D eigenvalue weighted by Gasteiger charge is -2.43. The number of imide groups is 1. The molecule has 2 aromatic carbocycles. The Hall–Kier alpha value is -5.32. The summed E-state index contributed by atoms with van der Waals surface area (Å²) in [6.45, 7) is 18.9. The molecule has 0 unspecified atom stereocenters. The number of carbonyl (C=O) groups excluding carboxylic acids is 6. The van der Waals surface area contributed by atoms with Gasteiger partial charge in [-0.15, -0.1) is 0 Å². The normalized spacial score (nSPS) is 17.7. The van der Waals surface area contributed by atoms with E-state index in [0.29, 0.717) is 25.8 Å². The number of likely N-dealkylation sites (N-methyl/N-ethyl adjacent to an activating group) is 2. The van der Waals surface area contributed by atoms with E-state index in [1.54, 1.807) is 53.6 Å². The van der Waals surface area contributed by atoms with E-state index < -0.39 is 83.7 Å². The first-order valence-electron chi connectivity index (χ1n) is 24.5. The average molecular weight is 961 g/mol. The van der Waals surface area contributed by atoms with Gasteiger partial charge in [0.25, 0.3) is 0 Å². The van der Waals surface area contributed by atoms with E-state index in [2.05, 4.69) is 15.6 Å². The molecule has 0 radical (unpaired) electrons. The number of fused-ring (bicyclic) bond motifs is 1. The number of esters is 1. The molecule has 0 bridgehead atoms. The Balaban J connectivity index is 1.52. The molecule has 0 spiro atoms. The Morgan fingerprint density at radius 1 is 0.841 bits per heavy atom. The van der Waals surface area contributed by atoms with E-state index in [-0.39, 0.29) is 43.1 Å². The van der Waals surface area contributed by atoms with Crippen molar-refractivity contribution >= 4 is 46.6 Å². The van der Waals surface area contributed by atoms with Crippen LogP contribution in [0, 0.1) is 23.7 Å². The number of hydrogen-bond acceptors (Lipinski definition) is 11. The first-order valence-corrected chi connectivity index (χ1v) is 24.5. The van der Waals surface area contributed by atoms with Crippen molar-refractivity contribution in [3.8, 4) is 0 Å². The van der Waals surface area contributed by atoms with E-state index in [9.17, 15) is 28.8 Å². The summed E-state index contributed by atoms with van der Waals surface area (Å²) in [5.41, 5.74) is 1.79. The molecular weight excluding hydrogens is 881 g/mol. The molecule has 382 valence electrons. The van der Waals surface area contributed by atoms with Crippen LogP contribution in [0.1, 0.15) is 106 Å². The largest absolute Gasteiger partial charge is 0.459 e. The third kappa shape index (κ3) is 14.8. The van der Waals surface area contributed by atoms with Crippen LogP contribution in [-0.4, -0.2) is 138 Å². The van der Waals surface area contributed by atoms with Crippen LogP contribution in [-0.2, 0) is 55.9 Å². The monoisotopic (exact) mass is 961 g/mol. The number of likely N-dealkylation sites (tertiary alicyclic amines) is 1. The summed E-state index contributed by atoms with van der Waals surface area (Å²) < 4.78 is 23.5. The summed E-state index contributed by atoms with van der Waals surface area (Å²) in [7, 11) is 6.38. The second kappa shape index (κ2) is 25.5. The van der Waals surface area contributed by atoms with Crippen LogP contribution in [0.25, 0.3) is 10.9 Å². The Labute approximate surface area is 409 Å². The van der Waals surface area contributed by atoms with Gasteiger partial charge in [0.1, 0.15) is 24.3 Å². The number of nitrogens with zero attached hydrogens (tertiary/aromatic N) is 3. The molecule has 1 fully saturated rings. The van der Waals surface area contributed by atoms with Crippen LogP contribution in [0.15, 0.2) is 60.8 Å². The molecule has 1 aromatic heterocycles. The van der Waals surface area contributed by atoms with Gasteiger partial charge in [-0.25, -0.2) is 9.59 Å². The highest BCUT2D eigenvalue weighted by atomic mass is 16.6. The predicted molar refractivity (Wildman–Crippen MR) is 266 cm³/mol. The van der Waals surface area contributed by atoms with Crippen molar-refractivity contribution < 1.29 is 47.7 Å². The highest BCUT2D eigenvalue weighted by Gasteiger charge is 2.44. The van der Waals surface area contributed by atoms with Gasteiger partial charge in [0.05, 0.1) is 36.6 Å². The number of aromatic nitrogens is 1. The van der Waals surface area contributed by atoms with Gasteiger partial charge in [-0.1, -0.05) is 103 Å². The minimum Gasteiger partial charge on any atom is -0.459 e. The molecule has 4 rings (SSSR count). The van der Waals surface area contributed by atoms with Gasteiger partial charge >= 0.3 is 12.1 Å². The van der Waals surface area contributed by atoms with E-state index in [1.807, 2.05) is 100 Å². The Kier molecular flexibility index (Phi) is 20.8. The number of nitrogens with one attached hydrogen (secondary N) is 3. The van der Waals surface area contributed by atoms with Crippen molar-refractivity contribution in [3.05, 3.63) is 71.9 Å². The van der Waals surface area contributed by atoms with Gasteiger partial charge in [0.15, 0.2) is 0 Å². The molecule has 5 amide bonds. The minimum absolute atomic E-state index is 0.0230. The molecule has 1 aliphatic rings. The summed E-state index contributed by atoms with van der Waals surface area (Å²) >= 11 is 0. The first-order chi connectivity index (χ1) is 32.5. The highest BCUT2D eigenvalue weighted by Crippen LogP contribution is 2.31. The second-order valence-electron chi connectivity index (χ2n) is 20.3. The third-order valence-electron chi connectivity index (χ3n) is 13.4. The third-order valence-corrected chi connectivity index (χ3v) is 13.4. The number of rotatable bonds is 23. The molecule has 1 saturated heterocycles. The molecule has 1 aliphatic heterocycles. The molecule has 16 heteroatoms. The van der Waals surface area contributed by atoms with Crippen molar-refractivity contribution in [2.45, 2.75) is 156 Å². The lowest BCUT2D eigenvalue weighted by Crippen LogP contribution is -2.60. The maximum absolute atomic E-state index is 14.6. The zero-order valence-electron chi connectivity index (χ0n) is 43.5. The molecule has 0 saturated carbocycles. The molecule has 2 heterocycles. The topological polar surface area (TPSA) is 189 Å². The van der Waals surface area contributed by atoms with Gasteiger partial charge in [-0.3, -0.25) is 34.3 Å². The summed E-state index contributed by atoms with van der Waals surface area (Å²) in [5.74, 6) is -3.76. The summed E-state index contributed by atoms with van der Waals surface area (Å²) in [6, 6.07) is 13.4. The van der Waals surface area contributed by atoms with E-state index in [1.165, 1.54) is 19.1 Å². The SMILES string of the molecule is CC[C@H](C)[C@@H]([C@@H](CC(=O)N1CCC[C@H]1[C@H](OC)[C@@H](C)C(=O)N[C@@H](Cc1c[nH]c2ccccc12)C(=O)OCc1ccccc1)OC)N(C)[C@H](C(=O)NC(=O)[C@H](C(C)C)N(C)C(=O)OC(C)(C)C)C(C)C. The number of ether oxygens (including phenoxy) is 4. The number of H-pyrrole nitrogens is 1. The van der Waals surface area contributed by atoms with Crippen LogP contribution in [0.4, 0.5) is 4.79 Å². The number of methoxy groups -OCH3 is 2. The van der Waals surface area contributed by atoms with E-state index >= 15 is 0 Å².